The quantitative estimate of drug-likeness (QED) is 0.539. The zero-order valence-corrected chi connectivity index (χ0v) is 18.6. The predicted molar refractivity (Wildman–Crippen MR) is 136 cm³/mol. The minimum Gasteiger partial charge on any atom is -0.405 e. The van der Waals surface area contributed by atoms with Gasteiger partial charge >= 0.3 is 0 Å². The summed E-state index contributed by atoms with van der Waals surface area (Å²) >= 11 is 0. The van der Waals surface area contributed by atoms with Crippen molar-refractivity contribution in [2.24, 2.45) is 0 Å². The Morgan fingerprint density at radius 1 is 0.800 bits per heavy atom. The average Bonchev–Trinajstić information content (AvgIpc) is 3.13. The summed E-state index contributed by atoms with van der Waals surface area (Å²) in [5.74, 6) is -1.42. The van der Waals surface area contributed by atoms with Gasteiger partial charge < -0.3 is 15.0 Å². The Morgan fingerprint density at radius 2 is 1.37 bits per heavy atom. The molecule has 0 amide bonds. The van der Waals surface area contributed by atoms with Crippen molar-refractivity contribution < 1.29 is 13.5 Å². The summed E-state index contributed by atoms with van der Waals surface area (Å²) in [4.78, 5) is 5.16. The Bertz CT molecular complexity index is 1240. The molecule has 4 rings (SSSR count). The zero-order chi connectivity index (χ0) is 26.0. The van der Waals surface area contributed by atoms with Crippen LogP contribution in [-0.4, -0.2) is 99.0 Å². The predicted octanol–water partition coefficient (Wildman–Crippen LogP) is -0.603. The molecule has 16 heteroatoms. The van der Waals surface area contributed by atoms with Crippen LogP contribution in [0, 0.1) is 18.6 Å². The monoisotopic (exact) mass is 451 g/mol. The molecule has 0 aliphatic carbocycles. The Hall–Kier alpha value is -2.48. The highest BCUT2D eigenvalue weighted by Crippen LogP contribution is 2.43. The van der Waals surface area contributed by atoms with Gasteiger partial charge in [-0.1, -0.05) is 0 Å². The molecule has 0 unspecified atom stereocenters. The van der Waals surface area contributed by atoms with Crippen LogP contribution >= 0.6 is 0 Å². The topological polar surface area (TPSA) is 55.2 Å². The fourth-order valence-electron chi connectivity index (χ4n) is 3.74. The van der Waals surface area contributed by atoms with Crippen LogP contribution in [0.5, 0.6) is 0 Å². The minimum absolute atomic E-state index is 0.103. The summed E-state index contributed by atoms with van der Waals surface area (Å²) in [5.41, 5.74) is 1.49. The van der Waals surface area contributed by atoms with Gasteiger partial charge in [0.25, 0.3) is 0 Å². The SMILES string of the molecule is [B]C1([B])OC([B])([B])C([B])([B])N(c2cc(C)cc(Nc3ncn(-c4cc(F)cc(F)c4)n3)c2)C1([B])[B]. The summed E-state index contributed by atoms with van der Waals surface area (Å²) in [6.07, 6.45) is 1.28. The van der Waals surface area contributed by atoms with E-state index in [1.807, 2.05) is 0 Å². The largest absolute Gasteiger partial charge is 0.405 e. The first-order valence-electron chi connectivity index (χ1n) is 10.1. The molecule has 1 N–H and O–H groups in total. The Kier molecular flexibility index (Phi) is 6.06. The van der Waals surface area contributed by atoms with E-state index >= 15 is 0 Å². The number of halogens is 2. The third-order valence-electron chi connectivity index (χ3n) is 5.51. The molecule has 0 spiro atoms. The fraction of sp³-hybridized carbons (Fsp3) is 0.263. The van der Waals surface area contributed by atoms with E-state index in [0.29, 0.717) is 11.3 Å². The van der Waals surface area contributed by atoms with E-state index in [0.717, 1.165) is 23.1 Å². The second-order valence-corrected chi connectivity index (χ2v) is 8.50. The lowest BCUT2D eigenvalue weighted by Gasteiger charge is -2.71. The highest BCUT2D eigenvalue weighted by Gasteiger charge is 2.56. The Morgan fingerprint density at radius 3 is 1.94 bits per heavy atom. The van der Waals surface area contributed by atoms with Crippen molar-refractivity contribution >= 4 is 80.1 Å². The second kappa shape index (κ2) is 8.29. The average molecular weight is 450 g/mol. The van der Waals surface area contributed by atoms with Gasteiger partial charge in [0.15, 0.2) is 0 Å². The molecule has 3 aromatic rings. The van der Waals surface area contributed by atoms with E-state index < -0.39 is 33.1 Å². The number of nitrogens with one attached hydrogen (secondary N) is 1. The van der Waals surface area contributed by atoms with Crippen molar-refractivity contribution in [1.29, 1.82) is 0 Å². The minimum atomic E-state index is -2.27. The van der Waals surface area contributed by atoms with Crippen LogP contribution < -0.4 is 10.2 Å². The third-order valence-corrected chi connectivity index (χ3v) is 5.51. The smallest absolute Gasteiger partial charge is 0.246 e. The molecule has 2 aromatic carbocycles. The second-order valence-electron chi connectivity index (χ2n) is 8.50. The maximum absolute atomic E-state index is 13.6. The maximum Gasteiger partial charge on any atom is 0.246 e. The van der Waals surface area contributed by atoms with Gasteiger partial charge in [0.05, 0.1) is 37.1 Å². The molecule has 156 valence electrons. The molecule has 1 aliphatic heterocycles. The van der Waals surface area contributed by atoms with Crippen LogP contribution in [0.15, 0.2) is 42.7 Å². The van der Waals surface area contributed by atoms with Crippen molar-refractivity contribution in [1.82, 2.24) is 14.8 Å². The van der Waals surface area contributed by atoms with Crippen LogP contribution in [-0.2, 0) is 4.74 Å². The molecular formula is C19H11B8F2N5O. The van der Waals surface area contributed by atoms with Crippen LogP contribution in [0.3, 0.4) is 0 Å². The van der Waals surface area contributed by atoms with Crippen molar-refractivity contribution in [2.75, 3.05) is 10.2 Å². The van der Waals surface area contributed by atoms with Crippen molar-refractivity contribution in [3.8, 4) is 5.69 Å². The number of benzene rings is 2. The molecule has 0 saturated carbocycles. The van der Waals surface area contributed by atoms with E-state index in [2.05, 4.69) is 15.4 Å². The number of morpholine rings is 1. The summed E-state index contributed by atoms with van der Waals surface area (Å²) in [7, 11) is 48.7. The van der Waals surface area contributed by atoms with Gasteiger partial charge in [-0.05, 0) is 64.3 Å². The normalized spacial score (nSPS) is 19.8. The molecule has 1 aliphatic rings. The van der Waals surface area contributed by atoms with Gasteiger partial charge in [0, 0.05) is 17.4 Å². The summed E-state index contributed by atoms with van der Waals surface area (Å²) in [6.45, 7) is 1.76. The highest BCUT2D eigenvalue weighted by atomic mass is 19.1. The third kappa shape index (κ3) is 4.45. The first kappa shape index (κ1) is 25.6. The van der Waals surface area contributed by atoms with Crippen LogP contribution in [0.2, 0.25) is 0 Å². The van der Waals surface area contributed by atoms with Gasteiger partial charge in [0.2, 0.25) is 5.95 Å². The molecule has 1 saturated heterocycles. The number of hydrogen-bond acceptors (Lipinski definition) is 5. The lowest BCUT2D eigenvalue weighted by molar-refractivity contribution is -0.0253. The molecule has 1 fully saturated rings. The summed E-state index contributed by atoms with van der Waals surface area (Å²) in [6, 6.07) is 7.85. The number of anilines is 3. The molecular weight excluding hydrogens is 439 g/mol. The van der Waals surface area contributed by atoms with Gasteiger partial charge in [-0.2, -0.15) is 4.98 Å². The highest BCUT2D eigenvalue weighted by molar-refractivity contribution is 6.61. The molecule has 1 aromatic heterocycles. The molecule has 35 heavy (non-hydrogen) atoms. The Labute approximate surface area is 212 Å². The lowest BCUT2D eigenvalue weighted by atomic mass is 9.30. The van der Waals surface area contributed by atoms with Gasteiger partial charge in [0.1, 0.15) is 49.3 Å². The standard InChI is InChI=1S/C19H11B8F2N5O/c1-9-2-12(31-15-30-8-33(32-15)13-5-10(28)4-11(29)6-13)7-14(3-9)34-16(20,21)18(24,25)35-19(26,27)17(34,22)23/h2-8H,1H3,(H,31,32). The van der Waals surface area contributed by atoms with Crippen molar-refractivity contribution in [3.63, 3.8) is 0 Å². The summed E-state index contributed by atoms with van der Waals surface area (Å²) < 4.78 is 33.6. The van der Waals surface area contributed by atoms with Gasteiger partial charge in [-0.25, -0.2) is 13.5 Å². The van der Waals surface area contributed by atoms with E-state index in [4.69, 9.17) is 67.5 Å². The van der Waals surface area contributed by atoms with E-state index in [-0.39, 0.29) is 17.3 Å². The number of rotatable bonds is 4. The van der Waals surface area contributed by atoms with Crippen molar-refractivity contribution in [3.05, 3.63) is 59.9 Å². The fourth-order valence-corrected chi connectivity index (χ4v) is 3.74. The van der Waals surface area contributed by atoms with E-state index in [9.17, 15) is 8.78 Å². The molecule has 0 bridgehead atoms. The molecule has 0 atom stereocenters. The van der Waals surface area contributed by atoms with Crippen LogP contribution in [0.4, 0.5) is 26.1 Å². The van der Waals surface area contributed by atoms with E-state index in [1.165, 1.54) is 17.1 Å². The molecule has 6 nitrogen and oxygen atoms in total. The lowest BCUT2D eigenvalue weighted by Crippen LogP contribution is -2.86. The van der Waals surface area contributed by atoms with Gasteiger partial charge in [-0.3, -0.25) is 0 Å². The zero-order valence-electron chi connectivity index (χ0n) is 18.6. The first-order valence-corrected chi connectivity index (χ1v) is 10.1. The Balaban J connectivity index is 1.71. The number of hydrogen-bond donors (Lipinski definition) is 1. The number of aryl methyl sites for hydroxylation is 1. The van der Waals surface area contributed by atoms with Crippen LogP contribution in [0.25, 0.3) is 5.69 Å². The van der Waals surface area contributed by atoms with Crippen molar-refractivity contribution in [2.45, 2.75) is 28.4 Å². The molecule has 2 heterocycles. The van der Waals surface area contributed by atoms with Gasteiger partial charge in [-0.15, -0.1) is 5.10 Å². The van der Waals surface area contributed by atoms with Crippen LogP contribution in [0.1, 0.15) is 5.56 Å². The van der Waals surface area contributed by atoms with E-state index in [1.54, 1.807) is 19.1 Å². The number of nitrogens with zero attached hydrogens (tertiary/aromatic N) is 4. The number of aromatic nitrogens is 3. The maximum atomic E-state index is 13.6. The summed E-state index contributed by atoms with van der Waals surface area (Å²) in [5, 5.41) is -1.74. The number of ether oxygens (including phenoxy) is 1. The molecule has 16 radical (unpaired) electrons. The first-order chi connectivity index (χ1) is 16.0.